The van der Waals surface area contributed by atoms with Crippen molar-refractivity contribution in [2.75, 3.05) is 13.1 Å². The quantitative estimate of drug-likeness (QED) is 0.815. The highest BCUT2D eigenvalue weighted by Crippen LogP contribution is 2.36. The van der Waals surface area contributed by atoms with E-state index in [9.17, 15) is 13.2 Å². The largest absolute Gasteiger partial charge is 0.315 e. The molecule has 92 valence electrons. The first-order valence-electron chi connectivity index (χ1n) is 5.49. The van der Waals surface area contributed by atoms with E-state index in [0.717, 1.165) is 23.7 Å². The summed E-state index contributed by atoms with van der Waals surface area (Å²) in [4.78, 5) is 12.6. The molecule has 1 amide bonds. The maximum Gasteiger partial charge on any atom is 0.279 e. The van der Waals surface area contributed by atoms with Crippen LogP contribution in [0.5, 0.6) is 0 Å². The fraction of sp³-hybridized carbons (Fsp3) is 0.500. The fourth-order valence-electron chi connectivity index (χ4n) is 2.37. The van der Waals surface area contributed by atoms with Gasteiger partial charge in [0.05, 0.1) is 6.04 Å². The summed E-state index contributed by atoms with van der Waals surface area (Å²) in [6.45, 7) is 1.44. The third kappa shape index (κ3) is 1.53. The van der Waals surface area contributed by atoms with Crippen LogP contribution < -0.4 is 5.32 Å². The van der Waals surface area contributed by atoms with Gasteiger partial charge in [0.2, 0.25) is 0 Å². The summed E-state index contributed by atoms with van der Waals surface area (Å²) in [5.41, 5.74) is 0. The molecule has 0 radical (unpaired) electrons. The zero-order chi connectivity index (χ0) is 12.0. The van der Waals surface area contributed by atoms with Crippen molar-refractivity contribution in [3.63, 3.8) is 0 Å². The number of amides is 1. The molecule has 7 heteroatoms. The first kappa shape index (κ1) is 11.2. The van der Waals surface area contributed by atoms with Crippen LogP contribution >= 0.6 is 11.3 Å². The molecule has 3 rings (SSSR count). The van der Waals surface area contributed by atoms with Crippen LogP contribution in [0.25, 0.3) is 0 Å². The SMILES string of the molecule is O=C1c2sccc2S(=O)(=O)N1[C@@H]1CCCNC1. The molecule has 3 heterocycles. The monoisotopic (exact) mass is 272 g/mol. The van der Waals surface area contributed by atoms with Gasteiger partial charge < -0.3 is 5.32 Å². The molecule has 1 fully saturated rings. The maximum absolute atomic E-state index is 12.2. The molecule has 1 N–H and O–H groups in total. The van der Waals surface area contributed by atoms with Crippen LogP contribution in [0, 0.1) is 0 Å². The Kier molecular flexibility index (Phi) is 2.49. The van der Waals surface area contributed by atoms with Gasteiger partial charge in [-0.05, 0) is 30.8 Å². The second-order valence-corrected chi connectivity index (χ2v) is 6.92. The number of hydrogen-bond donors (Lipinski definition) is 1. The Balaban J connectivity index is 2.02. The average Bonchev–Trinajstić information content (AvgIpc) is 2.85. The van der Waals surface area contributed by atoms with Gasteiger partial charge in [0.15, 0.2) is 0 Å². The van der Waals surface area contributed by atoms with Crippen molar-refractivity contribution in [3.8, 4) is 0 Å². The third-order valence-electron chi connectivity index (χ3n) is 3.16. The molecule has 1 aromatic rings. The number of hydrogen-bond acceptors (Lipinski definition) is 5. The van der Waals surface area contributed by atoms with Crippen LogP contribution in [0.3, 0.4) is 0 Å². The number of thiophene rings is 1. The molecule has 1 atom stereocenters. The smallest absolute Gasteiger partial charge is 0.279 e. The van der Waals surface area contributed by atoms with Gasteiger partial charge in [-0.25, -0.2) is 12.7 Å². The topological polar surface area (TPSA) is 66.5 Å². The molecule has 0 unspecified atom stereocenters. The van der Waals surface area contributed by atoms with Gasteiger partial charge in [-0.15, -0.1) is 11.3 Å². The van der Waals surface area contributed by atoms with Crippen LogP contribution in [0.2, 0.25) is 0 Å². The summed E-state index contributed by atoms with van der Waals surface area (Å²) in [6.07, 6.45) is 1.64. The van der Waals surface area contributed by atoms with E-state index in [4.69, 9.17) is 0 Å². The van der Waals surface area contributed by atoms with Gasteiger partial charge >= 0.3 is 0 Å². The summed E-state index contributed by atoms with van der Waals surface area (Å²) >= 11 is 1.20. The van der Waals surface area contributed by atoms with Crippen molar-refractivity contribution in [3.05, 3.63) is 16.3 Å². The zero-order valence-electron chi connectivity index (χ0n) is 9.05. The summed E-state index contributed by atoms with van der Waals surface area (Å²) in [7, 11) is -3.60. The lowest BCUT2D eigenvalue weighted by molar-refractivity contribution is 0.0822. The Hall–Kier alpha value is -0.920. The Morgan fingerprint density at radius 1 is 1.47 bits per heavy atom. The van der Waals surface area contributed by atoms with Crippen molar-refractivity contribution in [2.45, 2.75) is 23.8 Å². The normalized spacial score (nSPS) is 27.2. The predicted octanol–water partition coefficient (Wildman–Crippen LogP) is 0.645. The molecule has 0 spiro atoms. The summed E-state index contributed by atoms with van der Waals surface area (Å²) in [5, 5.41) is 4.78. The highest BCUT2D eigenvalue weighted by molar-refractivity contribution is 7.90. The molecule has 1 saturated heterocycles. The minimum Gasteiger partial charge on any atom is -0.315 e. The van der Waals surface area contributed by atoms with E-state index in [-0.39, 0.29) is 16.8 Å². The van der Waals surface area contributed by atoms with Gasteiger partial charge in [0.25, 0.3) is 15.9 Å². The number of rotatable bonds is 1. The first-order chi connectivity index (χ1) is 8.12. The second-order valence-electron chi connectivity index (χ2n) is 4.22. The number of nitrogens with zero attached hydrogens (tertiary/aromatic N) is 1. The van der Waals surface area contributed by atoms with Crippen LogP contribution in [-0.4, -0.2) is 37.8 Å². The highest BCUT2D eigenvalue weighted by atomic mass is 32.2. The van der Waals surface area contributed by atoms with Crippen molar-refractivity contribution >= 4 is 27.3 Å². The number of carbonyl (C=O) groups is 1. The number of piperidine rings is 1. The van der Waals surface area contributed by atoms with E-state index in [1.807, 2.05) is 0 Å². The third-order valence-corrected chi connectivity index (χ3v) is 6.07. The Labute approximate surface area is 103 Å². The van der Waals surface area contributed by atoms with Crippen LogP contribution in [0.4, 0.5) is 0 Å². The van der Waals surface area contributed by atoms with Crippen molar-refractivity contribution in [1.29, 1.82) is 0 Å². The lowest BCUT2D eigenvalue weighted by Gasteiger charge is -2.30. The molecule has 0 aliphatic carbocycles. The molecule has 1 aromatic heterocycles. The van der Waals surface area contributed by atoms with E-state index in [1.54, 1.807) is 5.38 Å². The molecule has 5 nitrogen and oxygen atoms in total. The number of fused-ring (bicyclic) bond motifs is 1. The molecule has 0 saturated carbocycles. The van der Waals surface area contributed by atoms with Crippen molar-refractivity contribution in [1.82, 2.24) is 9.62 Å². The van der Waals surface area contributed by atoms with E-state index in [2.05, 4.69) is 5.32 Å². The molecular weight excluding hydrogens is 260 g/mol. The molecule has 17 heavy (non-hydrogen) atoms. The van der Waals surface area contributed by atoms with E-state index in [1.165, 1.54) is 17.4 Å². The van der Waals surface area contributed by atoms with Gasteiger partial charge in [0.1, 0.15) is 9.77 Å². The Bertz CT molecular complexity index is 558. The maximum atomic E-state index is 12.2. The Morgan fingerprint density at radius 3 is 2.94 bits per heavy atom. The predicted molar refractivity (Wildman–Crippen MR) is 63.6 cm³/mol. The number of sulfonamides is 1. The van der Waals surface area contributed by atoms with Crippen LogP contribution in [-0.2, 0) is 10.0 Å². The second kappa shape index (κ2) is 3.79. The summed E-state index contributed by atoms with van der Waals surface area (Å²) < 4.78 is 25.5. The first-order valence-corrected chi connectivity index (χ1v) is 7.81. The van der Waals surface area contributed by atoms with Gasteiger partial charge in [-0.2, -0.15) is 0 Å². The zero-order valence-corrected chi connectivity index (χ0v) is 10.7. The highest BCUT2D eigenvalue weighted by Gasteiger charge is 2.46. The lowest BCUT2D eigenvalue weighted by Crippen LogP contribution is -2.48. The fourth-order valence-corrected chi connectivity index (χ4v) is 5.35. The molecule has 2 aliphatic heterocycles. The van der Waals surface area contributed by atoms with Crippen molar-refractivity contribution < 1.29 is 13.2 Å². The van der Waals surface area contributed by atoms with E-state index >= 15 is 0 Å². The van der Waals surface area contributed by atoms with E-state index in [0.29, 0.717) is 11.4 Å². The van der Waals surface area contributed by atoms with Gasteiger partial charge in [-0.1, -0.05) is 0 Å². The molecule has 0 aromatic carbocycles. The standard InChI is InChI=1S/C10H12N2O3S2/c13-10-9-8(3-5-16-9)17(14,15)12(10)7-2-1-4-11-6-7/h3,5,7,11H,1-2,4,6H2/t7-/m1/s1. The number of nitrogens with one attached hydrogen (secondary N) is 1. The minimum absolute atomic E-state index is 0.179. The Morgan fingerprint density at radius 2 is 2.29 bits per heavy atom. The summed E-state index contributed by atoms with van der Waals surface area (Å²) in [5.74, 6) is -0.358. The average molecular weight is 272 g/mol. The number of carbonyl (C=O) groups excluding carboxylic acids is 1. The lowest BCUT2D eigenvalue weighted by atomic mass is 10.1. The van der Waals surface area contributed by atoms with Crippen molar-refractivity contribution in [2.24, 2.45) is 0 Å². The summed E-state index contributed by atoms with van der Waals surface area (Å²) in [6, 6.07) is 1.28. The molecular formula is C10H12N2O3S2. The van der Waals surface area contributed by atoms with Crippen LogP contribution in [0.1, 0.15) is 22.5 Å². The van der Waals surface area contributed by atoms with E-state index < -0.39 is 10.0 Å². The molecule has 0 bridgehead atoms. The minimum atomic E-state index is -3.60. The van der Waals surface area contributed by atoms with Gasteiger partial charge in [-0.3, -0.25) is 4.79 Å². The van der Waals surface area contributed by atoms with Crippen LogP contribution in [0.15, 0.2) is 16.3 Å². The molecule has 2 aliphatic rings. The van der Waals surface area contributed by atoms with Gasteiger partial charge in [0, 0.05) is 6.54 Å².